The Morgan fingerprint density at radius 2 is 1.92 bits per heavy atom. The van der Waals surface area contributed by atoms with Crippen molar-refractivity contribution in [2.75, 3.05) is 0 Å². The third kappa shape index (κ3) is 1.52. The van der Waals surface area contributed by atoms with Crippen LogP contribution in [0.2, 0.25) is 0 Å². The molecule has 0 spiro atoms. The maximum atomic E-state index is 10.4. The molecular formula is C11H22O. The van der Waals surface area contributed by atoms with E-state index in [4.69, 9.17) is 0 Å². The Kier molecular flexibility index (Phi) is 2.82. The second-order valence-corrected chi connectivity index (χ2v) is 4.82. The van der Waals surface area contributed by atoms with Crippen LogP contribution < -0.4 is 0 Å². The fraction of sp³-hybridized carbons (Fsp3) is 1.00. The minimum absolute atomic E-state index is 0.367. The van der Waals surface area contributed by atoms with Gasteiger partial charge in [0.05, 0.1) is 5.60 Å². The van der Waals surface area contributed by atoms with E-state index >= 15 is 0 Å². The SMILES string of the molecule is CC(C)C(C)C1(O)CCCC1C. The van der Waals surface area contributed by atoms with Crippen molar-refractivity contribution in [1.82, 2.24) is 0 Å². The van der Waals surface area contributed by atoms with Crippen LogP contribution in [0.3, 0.4) is 0 Å². The summed E-state index contributed by atoms with van der Waals surface area (Å²) in [7, 11) is 0. The highest BCUT2D eigenvalue weighted by Crippen LogP contribution is 2.43. The van der Waals surface area contributed by atoms with E-state index in [1.165, 1.54) is 12.8 Å². The van der Waals surface area contributed by atoms with Crippen molar-refractivity contribution in [3.8, 4) is 0 Å². The van der Waals surface area contributed by atoms with Crippen molar-refractivity contribution in [3.63, 3.8) is 0 Å². The Morgan fingerprint density at radius 1 is 1.33 bits per heavy atom. The van der Waals surface area contributed by atoms with E-state index in [1.807, 2.05) is 0 Å². The molecular weight excluding hydrogens is 148 g/mol. The van der Waals surface area contributed by atoms with Gasteiger partial charge in [-0.1, -0.05) is 34.1 Å². The summed E-state index contributed by atoms with van der Waals surface area (Å²) in [6.45, 7) is 8.78. The number of hydrogen-bond acceptors (Lipinski definition) is 1. The van der Waals surface area contributed by atoms with E-state index in [9.17, 15) is 5.11 Å². The average molecular weight is 170 g/mol. The largest absolute Gasteiger partial charge is 0.389 e. The van der Waals surface area contributed by atoms with Crippen LogP contribution in [0.5, 0.6) is 0 Å². The molecule has 12 heavy (non-hydrogen) atoms. The van der Waals surface area contributed by atoms with Crippen LogP contribution in [-0.2, 0) is 0 Å². The molecule has 1 nitrogen and oxygen atoms in total. The molecule has 0 aromatic rings. The molecule has 3 unspecified atom stereocenters. The average Bonchev–Trinajstić information content (AvgIpc) is 2.32. The summed E-state index contributed by atoms with van der Waals surface area (Å²) >= 11 is 0. The molecule has 1 saturated carbocycles. The van der Waals surface area contributed by atoms with Crippen molar-refractivity contribution in [2.45, 2.75) is 52.6 Å². The predicted octanol–water partition coefficient (Wildman–Crippen LogP) is 2.83. The zero-order valence-corrected chi connectivity index (χ0v) is 8.80. The molecule has 72 valence electrons. The minimum atomic E-state index is -0.367. The molecule has 3 atom stereocenters. The van der Waals surface area contributed by atoms with E-state index < -0.39 is 0 Å². The highest BCUT2D eigenvalue weighted by atomic mass is 16.3. The lowest BCUT2D eigenvalue weighted by atomic mass is 9.75. The Hall–Kier alpha value is -0.0400. The fourth-order valence-electron chi connectivity index (χ4n) is 2.44. The van der Waals surface area contributed by atoms with Gasteiger partial charge in [-0.25, -0.2) is 0 Å². The normalized spacial score (nSPS) is 39.0. The molecule has 0 heterocycles. The summed E-state index contributed by atoms with van der Waals surface area (Å²) in [6.07, 6.45) is 3.41. The number of rotatable bonds is 2. The van der Waals surface area contributed by atoms with Crippen molar-refractivity contribution >= 4 is 0 Å². The second kappa shape index (κ2) is 3.37. The molecule has 0 aliphatic heterocycles. The van der Waals surface area contributed by atoms with Crippen LogP contribution in [0.25, 0.3) is 0 Å². The summed E-state index contributed by atoms with van der Waals surface area (Å²) in [5, 5.41) is 10.4. The molecule has 1 aliphatic carbocycles. The summed E-state index contributed by atoms with van der Waals surface area (Å²) in [5.41, 5.74) is -0.367. The minimum Gasteiger partial charge on any atom is -0.389 e. The lowest BCUT2D eigenvalue weighted by molar-refractivity contribution is -0.0555. The van der Waals surface area contributed by atoms with Crippen LogP contribution in [-0.4, -0.2) is 10.7 Å². The monoisotopic (exact) mass is 170 g/mol. The van der Waals surface area contributed by atoms with Gasteiger partial charge < -0.3 is 5.11 Å². The van der Waals surface area contributed by atoms with Gasteiger partial charge in [0, 0.05) is 0 Å². The third-order valence-corrected chi connectivity index (χ3v) is 3.86. The molecule has 1 fully saturated rings. The smallest absolute Gasteiger partial charge is 0.0701 e. The molecule has 0 bridgehead atoms. The molecule has 1 rings (SSSR count). The van der Waals surface area contributed by atoms with E-state index in [0.29, 0.717) is 17.8 Å². The van der Waals surface area contributed by atoms with Gasteiger partial charge in [-0.2, -0.15) is 0 Å². The highest BCUT2D eigenvalue weighted by molar-refractivity contribution is 4.94. The van der Waals surface area contributed by atoms with Crippen LogP contribution in [0.15, 0.2) is 0 Å². The first kappa shape index (κ1) is 10.0. The van der Waals surface area contributed by atoms with Gasteiger partial charge in [0.1, 0.15) is 0 Å². The standard InChI is InChI=1S/C11H22O/c1-8(2)10(4)11(12)7-5-6-9(11)3/h8-10,12H,5-7H2,1-4H3. The van der Waals surface area contributed by atoms with Gasteiger partial charge in [-0.05, 0) is 30.6 Å². The molecule has 0 amide bonds. The Balaban J connectivity index is 2.69. The highest BCUT2D eigenvalue weighted by Gasteiger charge is 2.43. The molecule has 1 aliphatic rings. The maximum absolute atomic E-state index is 10.4. The molecule has 0 aromatic heterocycles. The van der Waals surface area contributed by atoms with Crippen molar-refractivity contribution < 1.29 is 5.11 Å². The van der Waals surface area contributed by atoms with Crippen molar-refractivity contribution in [1.29, 1.82) is 0 Å². The molecule has 0 aromatic carbocycles. The fourth-order valence-corrected chi connectivity index (χ4v) is 2.44. The van der Waals surface area contributed by atoms with Gasteiger partial charge >= 0.3 is 0 Å². The Morgan fingerprint density at radius 3 is 2.25 bits per heavy atom. The van der Waals surface area contributed by atoms with Crippen LogP contribution in [0.4, 0.5) is 0 Å². The first-order valence-corrected chi connectivity index (χ1v) is 5.21. The first-order chi connectivity index (χ1) is 5.48. The number of aliphatic hydroxyl groups is 1. The quantitative estimate of drug-likeness (QED) is 0.675. The zero-order chi connectivity index (χ0) is 9.35. The second-order valence-electron chi connectivity index (χ2n) is 4.82. The van der Waals surface area contributed by atoms with Crippen LogP contribution >= 0.6 is 0 Å². The summed E-state index contributed by atoms with van der Waals surface area (Å²) in [6, 6.07) is 0. The predicted molar refractivity (Wildman–Crippen MR) is 52.0 cm³/mol. The Labute approximate surface area is 76.2 Å². The first-order valence-electron chi connectivity index (χ1n) is 5.21. The topological polar surface area (TPSA) is 20.2 Å². The Bertz CT molecular complexity index is 153. The number of hydrogen-bond donors (Lipinski definition) is 1. The van der Waals surface area contributed by atoms with Crippen molar-refractivity contribution in [3.05, 3.63) is 0 Å². The molecule has 1 heteroatoms. The van der Waals surface area contributed by atoms with Gasteiger partial charge in [-0.3, -0.25) is 0 Å². The molecule has 0 radical (unpaired) electrons. The maximum Gasteiger partial charge on any atom is 0.0701 e. The van der Waals surface area contributed by atoms with Gasteiger partial charge in [0.15, 0.2) is 0 Å². The van der Waals surface area contributed by atoms with Crippen molar-refractivity contribution in [2.24, 2.45) is 17.8 Å². The van der Waals surface area contributed by atoms with E-state index in [0.717, 1.165) is 6.42 Å². The van der Waals surface area contributed by atoms with Crippen LogP contribution in [0.1, 0.15) is 47.0 Å². The van der Waals surface area contributed by atoms with E-state index in [-0.39, 0.29) is 5.60 Å². The van der Waals surface area contributed by atoms with Gasteiger partial charge in [-0.15, -0.1) is 0 Å². The molecule has 1 N–H and O–H groups in total. The van der Waals surface area contributed by atoms with E-state index in [1.54, 1.807) is 0 Å². The van der Waals surface area contributed by atoms with Gasteiger partial charge in [0.25, 0.3) is 0 Å². The third-order valence-electron chi connectivity index (χ3n) is 3.86. The lowest BCUT2D eigenvalue weighted by Gasteiger charge is -2.36. The summed E-state index contributed by atoms with van der Waals surface area (Å²) in [5.74, 6) is 1.53. The zero-order valence-electron chi connectivity index (χ0n) is 8.80. The van der Waals surface area contributed by atoms with E-state index in [2.05, 4.69) is 27.7 Å². The van der Waals surface area contributed by atoms with Gasteiger partial charge in [0.2, 0.25) is 0 Å². The lowest BCUT2D eigenvalue weighted by Crippen LogP contribution is -2.41. The molecule has 0 saturated heterocycles. The van der Waals surface area contributed by atoms with Crippen LogP contribution in [0, 0.1) is 17.8 Å². The summed E-state index contributed by atoms with van der Waals surface area (Å²) < 4.78 is 0. The summed E-state index contributed by atoms with van der Waals surface area (Å²) in [4.78, 5) is 0.